The van der Waals surface area contributed by atoms with Crippen molar-refractivity contribution >= 4 is 17.3 Å². The van der Waals surface area contributed by atoms with E-state index in [1.807, 2.05) is 5.38 Å². The number of thiazole rings is 1. The molecule has 0 spiro atoms. The molecule has 0 aliphatic carbocycles. The Morgan fingerprint density at radius 1 is 1.47 bits per heavy atom. The summed E-state index contributed by atoms with van der Waals surface area (Å²) >= 11 is 1.62. The number of nitrogens with one attached hydrogen (secondary N) is 1. The highest BCUT2D eigenvalue weighted by Gasteiger charge is 2.08. The topological polar surface area (TPSA) is 75.1 Å². The van der Waals surface area contributed by atoms with Gasteiger partial charge in [-0.25, -0.2) is 9.78 Å². The van der Waals surface area contributed by atoms with Gasteiger partial charge in [-0.1, -0.05) is 0 Å². The second-order valence-electron chi connectivity index (χ2n) is 4.14. The van der Waals surface area contributed by atoms with Crippen LogP contribution in [0.15, 0.2) is 29.9 Å². The van der Waals surface area contributed by atoms with Crippen molar-refractivity contribution in [3.63, 3.8) is 0 Å². The van der Waals surface area contributed by atoms with Crippen molar-refractivity contribution in [1.29, 1.82) is 0 Å². The first kappa shape index (κ1) is 13.6. The van der Waals surface area contributed by atoms with E-state index in [9.17, 15) is 4.79 Å². The molecule has 0 aliphatic rings. The number of rotatable bonds is 6. The summed E-state index contributed by atoms with van der Waals surface area (Å²) in [5.74, 6) is -0.923. The van der Waals surface area contributed by atoms with Gasteiger partial charge in [-0.2, -0.15) is 0 Å². The molecule has 5 nitrogen and oxygen atoms in total. The summed E-state index contributed by atoms with van der Waals surface area (Å²) in [4.78, 5) is 19.2. The number of aromatic carboxylic acids is 1. The fraction of sp³-hybridized carbons (Fsp3) is 0.308. The second-order valence-corrected chi connectivity index (χ2v) is 5.06. The zero-order chi connectivity index (χ0) is 13.7. The van der Waals surface area contributed by atoms with E-state index in [4.69, 9.17) is 5.11 Å². The Kier molecular flexibility index (Phi) is 4.59. The van der Waals surface area contributed by atoms with E-state index in [1.165, 1.54) is 12.3 Å². The fourth-order valence-electron chi connectivity index (χ4n) is 1.70. The first-order valence-electron chi connectivity index (χ1n) is 5.98. The molecular formula is C13H15N3O2S. The van der Waals surface area contributed by atoms with Gasteiger partial charge in [0.1, 0.15) is 5.01 Å². The molecule has 1 atom stereocenters. The number of hydrogen-bond donors (Lipinski definition) is 2. The molecule has 0 fully saturated rings. The van der Waals surface area contributed by atoms with Gasteiger partial charge in [0, 0.05) is 36.4 Å². The lowest BCUT2D eigenvalue weighted by Gasteiger charge is -2.10. The lowest BCUT2D eigenvalue weighted by molar-refractivity contribution is 0.0696. The smallest absolute Gasteiger partial charge is 0.335 e. The number of hydrogen-bond acceptors (Lipinski definition) is 5. The molecule has 0 saturated heterocycles. The highest BCUT2D eigenvalue weighted by atomic mass is 32.1. The Labute approximate surface area is 115 Å². The summed E-state index contributed by atoms with van der Waals surface area (Å²) in [6, 6.07) is 3.30. The standard InChI is InChI=1S/C13H15N3O2S/c1-9(12-16-6-7-19-12)14-5-3-11-8-10(13(17)18)2-4-15-11/h2,4,6-9,14H,3,5H2,1H3,(H,17,18)/t9-/m1/s1. The van der Waals surface area contributed by atoms with E-state index in [0.29, 0.717) is 6.42 Å². The van der Waals surface area contributed by atoms with Crippen molar-refractivity contribution < 1.29 is 9.90 Å². The maximum absolute atomic E-state index is 10.8. The number of carbonyl (C=O) groups is 1. The van der Waals surface area contributed by atoms with Gasteiger partial charge in [0.2, 0.25) is 0 Å². The average molecular weight is 277 g/mol. The zero-order valence-corrected chi connectivity index (χ0v) is 11.4. The van der Waals surface area contributed by atoms with Crippen LogP contribution in [0.4, 0.5) is 0 Å². The van der Waals surface area contributed by atoms with Gasteiger partial charge >= 0.3 is 5.97 Å². The minimum atomic E-state index is -0.923. The molecule has 0 bridgehead atoms. The third-order valence-electron chi connectivity index (χ3n) is 2.72. The van der Waals surface area contributed by atoms with Crippen LogP contribution < -0.4 is 5.32 Å². The van der Waals surface area contributed by atoms with Crippen molar-refractivity contribution in [3.05, 3.63) is 46.2 Å². The molecule has 0 radical (unpaired) electrons. The van der Waals surface area contributed by atoms with E-state index >= 15 is 0 Å². The van der Waals surface area contributed by atoms with Crippen LogP contribution in [0.2, 0.25) is 0 Å². The van der Waals surface area contributed by atoms with Crippen molar-refractivity contribution in [3.8, 4) is 0 Å². The summed E-state index contributed by atoms with van der Waals surface area (Å²) in [5, 5.41) is 15.2. The Hall–Kier alpha value is -1.79. The van der Waals surface area contributed by atoms with Crippen LogP contribution in [0.3, 0.4) is 0 Å². The van der Waals surface area contributed by atoms with Gasteiger partial charge in [-0.15, -0.1) is 11.3 Å². The summed E-state index contributed by atoms with van der Waals surface area (Å²) in [6.07, 6.45) is 4.01. The molecule has 2 aromatic rings. The van der Waals surface area contributed by atoms with Gasteiger partial charge in [0.05, 0.1) is 11.6 Å². The summed E-state index contributed by atoms with van der Waals surface area (Å²) in [6.45, 7) is 2.79. The minimum Gasteiger partial charge on any atom is -0.478 e. The zero-order valence-electron chi connectivity index (χ0n) is 10.5. The summed E-state index contributed by atoms with van der Waals surface area (Å²) in [7, 11) is 0. The van der Waals surface area contributed by atoms with Crippen LogP contribution in [0.25, 0.3) is 0 Å². The van der Waals surface area contributed by atoms with Gasteiger partial charge < -0.3 is 10.4 Å². The Balaban J connectivity index is 1.86. The van der Waals surface area contributed by atoms with Gasteiger partial charge in [-0.05, 0) is 19.1 Å². The molecule has 0 unspecified atom stereocenters. The van der Waals surface area contributed by atoms with Crippen LogP contribution in [-0.4, -0.2) is 27.6 Å². The minimum absolute atomic E-state index is 0.197. The quantitative estimate of drug-likeness (QED) is 0.846. The van der Waals surface area contributed by atoms with Crippen LogP contribution in [0, 0.1) is 0 Å². The molecule has 100 valence electrons. The predicted octanol–water partition coefficient (Wildman–Crippen LogP) is 2.13. The van der Waals surface area contributed by atoms with Crippen LogP contribution in [-0.2, 0) is 6.42 Å². The average Bonchev–Trinajstić information content (AvgIpc) is 2.93. The predicted molar refractivity (Wildman–Crippen MR) is 73.4 cm³/mol. The first-order valence-corrected chi connectivity index (χ1v) is 6.86. The molecule has 0 aromatic carbocycles. The molecule has 2 aromatic heterocycles. The monoisotopic (exact) mass is 277 g/mol. The Bertz CT molecular complexity index is 543. The third kappa shape index (κ3) is 3.84. The largest absolute Gasteiger partial charge is 0.478 e. The van der Waals surface area contributed by atoms with Gasteiger partial charge in [0.25, 0.3) is 0 Å². The summed E-state index contributed by atoms with van der Waals surface area (Å²) in [5.41, 5.74) is 1.05. The third-order valence-corrected chi connectivity index (χ3v) is 3.68. The van der Waals surface area contributed by atoms with Crippen molar-refractivity contribution in [2.75, 3.05) is 6.54 Å². The SMILES string of the molecule is C[C@@H](NCCc1cc(C(=O)O)ccn1)c1nccs1. The first-order chi connectivity index (χ1) is 9.16. The lowest BCUT2D eigenvalue weighted by Crippen LogP contribution is -2.21. The van der Waals surface area contributed by atoms with Crippen molar-refractivity contribution in [1.82, 2.24) is 15.3 Å². The summed E-state index contributed by atoms with van der Waals surface area (Å²) < 4.78 is 0. The van der Waals surface area contributed by atoms with Gasteiger partial charge in [-0.3, -0.25) is 4.98 Å². The molecular weight excluding hydrogens is 262 g/mol. The number of nitrogens with zero attached hydrogens (tertiary/aromatic N) is 2. The normalized spacial score (nSPS) is 12.3. The number of pyridine rings is 1. The van der Waals surface area contributed by atoms with E-state index in [1.54, 1.807) is 23.6 Å². The maximum Gasteiger partial charge on any atom is 0.335 e. The highest BCUT2D eigenvalue weighted by Crippen LogP contribution is 2.14. The second kappa shape index (κ2) is 6.40. The molecule has 2 heterocycles. The van der Waals surface area contributed by atoms with Crippen molar-refractivity contribution in [2.24, 2.45) is 0 Å². The Morgan fingerprint density at radius 2 is 2.32 bits per heavy atom. The Morgan fingerprint density at radius 3 is 3.00 bits per heavy atom. The molecule has 6 heteroatoms. The van der Waals surface area contributed by atoms with Crippen LogP contribution in [0.5, 0.6) is 0 Å². The maximum atomic E-state index is 10.8. The number of carboxylic acid groups (broad SMARTS) is 1. The van der Waals surface area contributed by atoms with E-state index in [-0.39, 0.29) is 11.6 Å². The van der Waals surface area contributed by atoms with E-state index in [0.717, 1.165) is 17.2 Å². The molecule has 0 amide bonds. The molecule has 19 heavy (non-hydrogen) atoms. The number of aromatic nitrogens is 2. The lowest BCUT2D eigenvalue weighted by atomic mass is 10.2. The van der Waals surface area contributed by atoms with E-state index < -0.39 is 5.97 Å². The van der Waals surface area contributed by atoms with Gasteiger partial charge in [0.15, 0.2) is 0 Å². The number of carboxylic acids is 1. The molecule has 0 aliphatic heterocycles. The highest BCUT2D eigenvalue weighted by molar-refractivity contribution is 7.09. The molecule has 2 N–H and O–H groups in total. The van der Waals surface area contributed by atoms with Crippen molar-refractivity contribution in [2.45, 2.75) is 19.4 Å². The molecule has 2 rings (SSSR count). The van der Waals surface area contributed by atoms with E-state index in [2.05, 4.69) is 22.2 Å². The van der Waals surface area contributed by atoms with Crippen LogP contribution in [0.1, 0.15) is 34.0 Å². The molecule has 0 saturated carbocycles. The fourth-order valence-corrected chi connectivity index (χ4v) is 2.37. The van der Waals surface area contributed by atoms with Crippen LogP contribution >= 0.6 is 11.3 Å².